The summed E-state index contributed by atoms with van der Waals surface area (Å²) < 4.78 is 2.27. The van der Waals surface area contributed by atoms with E-state index in [0.717, 1.165) is 17.0 Å². The van der Waals surface area contributed by atoms with Crippen LogP contribution in [0.2, 0.25) is 5.02 Å². The van der Waals surface area contributed by atoms with E-state index in [1.165, 1.54) is 22.2 Å². The van der Waals surface area contributed by atoms with Crippen LogP contribution in [0.15, 0.2) is 48.5 Å². The number of hydrogen-bond acceptors (Lipinski definition) is 1. The van der Waals surface area contributed by atoms with Gasteiger partial charge in [0.2, 0.25) is 0 Å². The zero-order valence-corrected chi connectivity index (χ0v) is 14.4. The van der Waals surface area contributed by atoms with E-state index < -0.39 is 5.97 Å². The van der Waals surface area contributed by atoms with Gasteiger partial charge in [0.1, 0.15) is 0 Å². The molecule has 0 radical (unpaired) electrons. The Bertz CT molecular complexity index is 882. The molecule has 0 amide bonds. The predicted molar refractivity (Wildman–Crippen MR) is 97.8 cm³/mol. The van der Waals surface area contributed by atoms with Crippen LogP contribution in [0.3, 0.4) is 0 Å². The first-order chi connectivity index (χ1) is 11.6. The fourth-order valence-electron chi connectivity index (χ4n) is 3.24. The van der Waals surface area contributed by atoms with Gasteiger partial charge in [-0.25, -0.2) is 0 Å². The molecule has 3 nitrogen and oxygen atoms in total. The van der Waals surface area contributed by atoms with Crippen LogP contribution in [0.25, 0.3) is 10.9 Å². The SMILES string of the molecule is Cc1c(CCCC(=O)O)n(Cc2ccccc2Cl)c2ccccc12. The maximum absolute atomic E-state index is 10.8. The topological polar surface area (TPSA) is 42.2 Å². The highest BCUT2D eigenvalue weighted by Gasteiger charge is 2.15. The Hall–Kier alpha value is -2.26. The third-order valence-electron chi connectivity index (χ3n) is 4.45. The molecule has 0 bridgehead atoms. The van der Waals surface area contributed by atoms with Crippen molar-refractivity contribution in [3.8, 4) is 0 Å². The number of fused-ring (bicyclic) bond motifs is 1. The number of halogens is 1. The van der Waals surface area contributed by atoms with Gasteiger partial charge in [-0.1, -0.05) is 48.0 Å². The Balaban J connectivity index is 2.03. The second kappa shape index (κ2) is 7.10. The van der Waals surface area contributed by atoms with E-state index in [9.17, 15) is 4.79 Å². The summed E-state index contributed by atoms with van der Waals surface area (Å²) in [5, 5.41) is 10.9. The zero-order chi connectivity index (χ0) is 17.1. The molecule has 0 fully saturated rings. The van der Waals surface area contributed by atoms with Crippen molar-refractivity contribution in [2.24, 2.45) is 0 Å². The molecule has 3 rings (SSSR count). The average Bonchev–Trinajstić information content (AvgIpc) is 2.83. The normalized spacial score (nSPS) is 11.1. The third kappa shape index (κ3) is 3.31. The summed E-state index contributed by atoms with van der Waals surface area (Å²) >= 11 is 6.34. The maximum atomic E-state index is 10.8. The molecule has 0 atom stereocenters. The number of rotatable bonds is 6. The number of carboxylic acids is 1. The summed E-state index contributed by atoms with van der Waals surface area (Å²) in [4.78, 5) is 10.8. The molecule has 3 aromatic rings. The van der Waals surface area contributed by atoms with Crippen molar-refractivity contribution in [3.63, 3.8) is 0 Å². The van der Waals surface area contributed by atoms with Crippen LogP contribution < -0.4 is 0 Å². The van der Waals surface area contributed by atoms with Crippen molar-refractivity contribution in [1.29, 1.82) is 0 Å². The number of benzene rings is 2. The van der Waals surface area contributed by atoms with Crippen LogP contribution in [-0.4, -0.2) is 15.6 Å². The van der Waals surface area contributed by atoms with E-state index in [1.807, 2.05) is 36.4 Å². The van der Waals surface area contributed by atoms with Crippen LogP contribution in [0.1, 0.15) is 29.7 Å². The van der Waals surface area contributed by atoms with Crippen molar-refractivity contribution < 1.29 is 9.90 Å². The lowest BCUT2D eigenvalue weighted by atomic mass is 10.1. The lowest BCUT2D eigenvalue weighted by Gasteiger charge is -2.13. The third-order valence-corrected chi connectivity index (χ3v) is 4.82. The fraction of sp³-hybridized carbons (Fsp3) is 0.250. The molecule has 24 heavy (non-hydrogen) atoms. The number of carbonyl (C=O) groups is 1. The van der Waals surface area contributed by atoms with Crippen LogP contribution in [0.4, 0.5) is 0 Å². The van der Waals surface area contributed by atoms with Gasteiger partial charge in [-0.3, -0.25) is 4.79 Å². The molecule has 1 aromatic heterocycles. The van der Waals surface area contributed by atoms with Crippen LogP contribution in [0, 0.1) is 6.92 Å². The maximum Gasteiger partial charge on any atom is 0.303 e. The molecule has 0 spiro atoms. The van der Waals surface area contributed by atoms with Crippen LogP contribution >= 0.6 is 11.6 Å². The highest BCUT2D eigenvalue weighted by Crippen LogP contribution is 2.29. The standard InChI is InChI=1S/C20H20ClNO2/c1-14-16-8-3-5-10-19(16)22(18(14)11-6-12-20(23)24)13-15-7-2-4-9-17(15)21/h2-5,7-10H,6,11-13H2,1H3,(H,23,24). The highest BCUT2D eigenvalue weighted by atomic mass is 35.5. The fourth-order valence-corrected chi connectivity index (χ4v) is 3.43. The van der Waals surface area contributed by atoms with Gasteiger partial charge in [0.05, 0.1) is 0 Å². The first-order valence-electron chi connectivity index (χ1n) is 8.10. The second-order valence-corrected chi connectivity index (χ2v) is 6.42. The number of aliphatic carboxylic acids is 1. The molecule has 1 N–H and O–H groups in total. The van der Waals surface area contributed by atoms with E-state index >= 15 is 0 Å². The summed E-state index contributed by atoms with van der Waals surface area (Å²) in [5.74, 6) is -0.749. The Morgan fingerprint density at radius 2 is 1.83 bits per heavy atom. The van der Waals surface area contributed by atoms with Crippen molar-refractivity contribution in [3.05, 3.63) is 70.4 Å². The molecule has 0 saturated carbocycles. The van der Waals surface area contributed by atoms with Gasteiger partial charge >= 0.3 is 5.97 Å². The first kappa shape index (κ1) is 16.6. The largest absolute Gasteiger partial charge is 0.481 e. The lowest BCUT2D eigenvalue weighted by Crippen LogP contribution is -2.07. The van der Waals surface area contributed by atoms with Crippen molar-refractivity contribution in [1.82, 2.24) is 4.57 Å². The molecule has 0 saturated heterocycles. The first-order valence-corrected chi connectivity index (χ1v) is 8.47. The van der Waals surface area contributed by atoms with Gasteiger partial charge in [0.15, 0.2) is 0 Å². The summed E-state index contributed by atoms with van der Waals surface area (Å²) in [6.45, 7) is 2.80. The van der Waals surface area contributed by atoms with E-state index in [-0.39, 0.29) is 6.42 Å². The number of aryl methyl sites for hydroxylation is 1. The van der Waals surface area contributed by atoms with Gasteiger partial charge in [-0.15, -0.1) is 0 Å². The zero-order valence-electron chi connectivity index (χ0n) is 13.6. The minimum atomic E-state index is -0.749. The summed E-state index contributed by atoms with van der Waals surface area (Å²) in [5.41, 5.74) is 4.65. The summed E-state index contributed by atoms with van der Waals surface area (Å²) in [7, 11) is 0. The van der Waals surface area contributed by atoms with Gasteiger partial charge in [-0.05, 0) is 43.0 Å². The smallest absolute Gasteiger partial charge is 0.303 e. The number of carboxylic acid groups (broad SMARTS) is 1. The van der Waals surface area contributed by atoms with Gasteiger partial charge < -0.3 is 9.67 Å². The number of aromatic nitrogens is 1. The monoisotopic (exact) mass is 341 g/mol. The molecular formula is C20H20ClNO2. The Morgan fingerprint density at radius 3 is 2.58 bits per heavy atom. The molecule has 0 aliphatic heterocycles. The van der Waals surface area contributed by atoms with Crippen molar-refractivity contribution >= 4 is 28.5 Å². The number of hydrogen-bond donors (Lipinski definition) is 1. The molecule has 4 heteroatoms. The minimum Gasteiger partial charge on any atom is -0.481 e. The van der Waals surface area contributed by atoms with E-state index in [1.54, 1.807) is 0 Å². The molecule has 1 heterocycles. The predicted octanol–water partition coefficient (Wildman–Crippen LogP) is 5.06. The Labute approximate surface area is 146 Å². The molecular weight excluding hydrogens is 322 g/mol. The van der Waals surface area contributed by atoms with Gasteiger partial charge in [0.25, 0.3) is 0 Å². The minimum absolute atomic E-state index is 0.188. The van der Waals surface area contributed by atoms with E-state index in [2.05, 4.69) is 23.6 Å². The van der Waals surface area contributed by atoms with Gasteiger partial charge in [0, 0.05) is 34.6 Å². The molecule has 0 aliphatic carbocycles. The quantitative estimate of drug-likeness (QED) is 0.681. The van der Waals surface area contributed by atoms with E-state index in [0.29, 0.717) is 13.0 Å². The summed E-state index contributed by atoms with van der Waals surface area (Å²) in [6.07, 6.45) is 1.57. The van der Waals surface area contributed by atoms with Crippen LogP contribution in [-0.2, 0) is 17.8 Å². The molecule has 0 unspecified atom stereocenters. The average molecular weight is 342 g/mol. The van der Waals surface area contributed by atoms with Crippen molar-refractivity contribution in [2.75, 3.05) is 0 Å². The Kier molecular flexibility index (Phi) is 4.91. The second-order valence-electron chi connectivity index (χ2n) is 6.01. The molecule has 2 aromatic carbocycles. The van der Waals surface area contributed by atoms with E-state index in [4.69, 9.17) is 16.7 Å². The molecule has 0 aliphatic rings. The summed E-state index contributed by atoms with van der Waals surface area (Å²) in [6, 6.07) is 16.2. The highest BCUT2D eigenvalue weighted by molar-refractivity contribution is 6.31. The molecule has 124 valence electrons. The Morgan fingerprint density at radius 1 is 1.12 bits per heavy atom. The number of nitrogens with zero attached hydrogens (tertiary/aromatic N) is 1. The van der Waals surface area contributed by atoms with Crippen molar-refractivity contribution in [2.45, 2.75) is 32.7 Å². The number of para-hydroxylation sites is 1. The van der Waals surface area contributed by atoms with Crippen LogP contribution in [0.5, 0.6) is 0 Å². The van der Waals surface area contributed by atoms with Gasteiger partial charge in [-0.2, -0.15) is 0 Å². The lowest BCUT2D eigenvalue weighted by molar-refractivity contribution is -0.137.